The monoisotopic (exact) mass is 379 g/mol. The lowest BCUT2D eigenvalue weighted by Crippen LogP contribution is -2.44. The number of likely N-dealkylation sites (tertiary alicyclic amines) is 1. The van der Waals surface area contributed by atoms with Crippen LogP contribution in [0.3, 0.4) is 0 Å². The molecule has 1 aliphatic heterocycles. The number of sulfonamides is 1. The maximum Gasteiger partial charge on any atom is 0.407 e. The number of alkyl carbamates (subject to hydrolysis) is 1. The molecule has 1 heterocycles. The van der Waals surface area contributed by atoms with Gasteiger partial charge in [-0.1, -0.05) is 0 Å². The van der Waals surface area contributed by atoms with Gasteiger partial charge in [-0.25, -0.2) is 23.1 Å². The summed E-state index contributed by atoms with van der Waals surface area (Å²) < 4.78 is 27.8. The fourth-order valence-corrected chi connectivity index (χ4v) is 3.17. The van der Waals surface area contributed by atoms with E-state index >= 15 is 0 Å². The molecular weight excluding hydrogens is 354 g/mol. The van der Waals surface area contributed by atoms with E-state index in [9.17, 15) is 27.9 Å². The van der Waals surface area contributed by atoms with Gasteiger partial charge in [0.25, 0.3) is 0 Å². The molecule has 144 valence electrons. The van der Waals surface area contributed by atoms with Crippen LogP contribution in [0.4, 0.5) is 4.79 Å². The summed E-state index contributed by atoms with van der Waals surface area (Å²) in [5.74, 6) is -1.80. The lowest BCUT2D eigenvalue weighted by molar-refractivity contribution is -0.148. The SMILES string of the molecule is CC(C)(C)OC(=O)NCCC[C@@H](C(=O)O)N1CC(S(N)(=O)=O)CC1=O. The topological polar surface area (TPSA) is 156 Å². The molecule has 0 bridgehead atoms. The van der Waals surface area contributed by atoms with E-state index in [1.807, 2.05) is 0 Å². The normalized spacial score (nSPS) is 19.6. The maximum atomic E-state index is 11.9. The number of amides is 2. The first-order chi connectivity index (χ1) is 11.3. The Kier molecular flexibility index (Phi) is 6.77. The quantitative estimate of drug-likeness (QED) is 0.510. The minimum atomic E-state index is -3.91. The van der Waals surface area contributed by atoms with Crippen LogP contribution >= 0.6 is 0 Å². The molecule has 11 heteroatoms. The molecular formula is C14H25N3O7S. The van der Waals surface area contributed by atoms with Crippen LogP contribution in [0.25, 0.3) is 0 Å². The third kappa shape index (κ3) is 6.86. The van der Waals surface area contributed by atoms with E-state index in [-0.39, 0.29) is 32.4 Å². The first-order valence-electron chi connectivity index (χ1n) is 7.82. The lowest BCUT2D eigenvalue weighted by atomic mass is 10.1. The fraction of sp³-hybridized carbons (Fsp3) is 0.786. The van der Waals surface area contributed by atoms with E-state index in [1.54, 1.807) is 20.8 Å². The second-order valence-corrected chi connectivity index (χ2v) is 8.73. The van der Waals surface area contributed by atoms with Crippen molar-refractivity contribution < 1.29 is 32.6 Å². The van der Waals surface area contributed by atoms with Gasteiger partial charge in [-0.15, -0.1) is 0 Å². The molecule has 0 radical (unpaired) electrons. The highest BCUT2D eigenvalue weighted by Gasteiger charge is 2.41. The minimum absolute atomic E-state index is 0.0637. The van der Waals surface area contributed by atoms with Gasteiger partial charge in [0.15, 0.2) is 0 Å². The van der Waals surface area contributed by atoms with Crippen molar-refractivity contribution in [1.29, 1.82) is 0 Å². The van der Waals surface area contributed by atoms with Crippen molar-refractivity contribution in [3.05, 3.63) is 0 Å². The predicted octanol–water partition coefficient (Wildman–Crippen LogP) is -0.366. The Hall–Kier alpha value is -1.88. The molecule has 25 heavy (non-hydrogen) atoms. The number of carbonyl (C=O) groups is 3. The maximum absolute atomic E-state index is 11.9. The average molecular weight is 379 g/mol. The molecule has 1 aliphatic rings. The summed E-state index contributed by atoms with van der Waals surface area (Å²) >= 11 is 0. The molecule has 10 nitrogen and oxygen atoms in total. The van der Waals surface area contributed by atoms with Gasteiger partial charge in [-0.2, -0.15) is 0 Å². The number of carboxylic acid groups (broad SMARTS) is 1. The van der Waals surface area contributed by atoms with Crippen LogP contribution in [0.1, 0.15) is 40.0 Å². The van der Waals surface area contributed by atoms with Crippen molar-refractivity contribution in [2.75, 3.05) is 13.1 Å². The third-order valence-corrected chi connectivity index (χ3v) is 4.82. The smallest absolute Gasteiger partial charge is 0.407 e. The van der Waals surface area contributed by atoms with Crippen LogP contribution in [0.2, 0.25) is 0 Å². The van der Waals surface area contributed by atoms with Gasteiger partial charge in [0.1, 0.15) is 16.9 Å². The molecule has 0 aromatic rings. The van der Waals surface area contributed by atoms with Crippen molar-refractivity contribution in [2.45, 2.75) is 56.9 Å². The number of carbonyl (C=O) groups excluding carboxylic acids is 2. The number of rotatable bonds is 7. The summed E-state index contributed by atoms with van der Waals surface area (Å²) in [6, 6.07) is -1.17. The number of primary sulfonamides is 1. The Morgan fingerprint density at radius 3 is 2.48 bits per heavy atom. The third-order valence-electron chi connectivity index (χ3n) is 3.57. The van der Waals surface area contributed by atoms with E-state index in [2.05, 4.69) is 5.32 Å². The first kappa shape index (κ1) is 21.2. The number of ether oxygens (including phenoxy) is 1. The summed E-state index contributed by atoms with van der Waals surface area (Å²) in [6.45, 7) is 5.07. The van der Waals surface area contributed by atoms with Crippen molar-refractivity contribution in [3.8, 4) is 0 Å². The lowest BCUT2D eigenvalue weighted by Gasteiger charge is -2.24. The van der Waals surface area contributed by atoms with Gasteiger partial charge in [-0.3, -0.25) is 4.79 Å². The molecule has 0 spiro atoms. The van der Waals surface area contributed by atoms with E-state index in [1.165, 1.54) is 0 Å². The van der Waals surface area contributed by atoms with Gasteiger partial charge in [0, 0.05) is 19.5 Å². The number of aliphatic carboxylic acids is 1. The highest BCUT2D eigenvalue weighted by atomic mass is 32.2. The molecule has 1 rings (SSSR count). The number of nitrogens with one attached hydrogen (secondary N) is 1. The summed E-state index contributed by atoms with van der Waals surface area (Å²) in [5, 5.41) is 15.7. The zero-order chi connectivity index (χ0) is 19.4. The van der Waals surface area contributed by atoms with Gasteiger partial charge >= 0.3 is 12.1 Å². The Labute approximate surface area is 146 Å². The minimum Gasteiger partial charge on any atom is -0.480 e. The van der Waals surface area contributed by atoms with E-state index in [0.717, 1.165) is 4.90 Å². The zero-order valence-electron chi connectivity index (χ0n) is 14.5. The van der Waals surface area contributed by atoms with Crippen molar-refractivity contribution in [1.82, 2.24) is 10.2 Å². The van der Waals surface area contributed by atoms with Crippen molar-refractivity contribution >= 4 is 28.0 Å². The van der Waals surface area contributed by atoms with Gasteiger partial charge in [0.05, 0.1) is 0 Å². The number of hydrogen-bond donors (Lipinski definition) is 3. The highest BCUT2D eigenvalue weighted by Crippen LogP contribution is 2.21. The highest BCUT2D eigenvalue weighted by molar-refractivity contribution is 7.89. The Bertz CT molecular complexity index is 627. The van der Waals surface area contributed by atoms with Crippen LogP contribution in [0.15, 0.2) is 0 Å². The van der Waals surface area contributed by atoms with Gasteiger partial charge < -0.3 is 20.1 Å². The molecule has 2 amide bonds. The molecule has 0 aromatic heterocycles. The molecule has 0 saturated carbocycles. The molecule has 4 N–H and O–H groups in total. The number of nitrogens with zero attached hydrogens (tertiary/aromatic N) is 1. The van der Waals surface area contributed by atoms with Crippen LogP contribution in [-0.2, 0) is 24.3 Å². The predicted molar refractivity (Wildman–Crippen MR) is 88.1 cm³/mol. The summed E-state index contributed by atoms with van der Waals surface area (Å²) in [7, 11) is -3.91. The zero-order valence-corrected chi connectivity index (χ0v) is 15.3. The molecule has 1 unspecified atom stereocenters. The van der Waals surface area contributed by atoms with Crippen LogP contribution in [0, 0.1) is 0 Å². The van der Waals surface area contributed by atoms with Gasteiger partial charge in [0.2, 0.25) is 15.9 Å². The fourth-order valence-electron chi connectivity index (χ4n) is 2.43. The van der Waals surface area contributed by atoms with Crippen molar-refractivity contribution in [3.63, 3.8) is 0 Å². The van der Waals surface area contributed by atoms with Crippen LogP contribution in [-0.4, -0.2) is 66.4 Å². The largest absolute Gasteiger partial charge is 0.480 e. The van der Waals surface area contributed by atoms with Crippen LogP contribution in [0.5, 0.6) is 0 Å². The Morgan fingerprint density at radius 1 is 1.44 bits per heavy atom. The van der Waals surface area contributed by atoms with E-state index < -0.39 is 44.9 Å². The Morgan fingerprint density at radius 2 is 2.04 bits per heavy atom. The summed E-state index contributed by atoms with van der Waals surface area (Å²) in [5.41, 5.74) is -0.640. The number of hydrogen-bond acceptors (Lipinski definition) is 6. The molecule has 0 aromatic carbocycles. The number of carboxylic acids is 1. The van der Waals surface area contributed by atoms with E-state index in [0.29, 0.717) is 0 Å². The van der Waals surface area contributed by atoms with Gasteiger partial charge in [-0.05, 0) is 33.6 Å². The van der Waals surface area contributed by atoms with Crippen molar-refractivity contribution in [2.24, 2.45) is 5.14 Å². The van der Waals surface area contributed by atoms with Crippen LogP contribution < -0.4 is 10.5 Å². The second kappa shape index (κ2) is 8.00. The summed E-state index contributed by atoms with van der Waals surface area (Å²) in [4.78, 5) is 35.9. The molecule has 2 atom stereocenters. The molecule has 1 fully saturated rings. The molecule has 0 aliphatic carbocycles. The Balaban J connectivity index is 2.55. The van der Waals surface area contributed by atoms with E-state index in [4.69, 9.17) is 9.88 Å². The number of nitrogens with two attached hydrogens (primary N) is 1. The standard InChI is InChI=1S/C14H25N3O7S/c1-14(2,3)24-13(21)16-6-4-5-10(12(19)20)17-8-9(7-11(17)18)25(15,22)23/h9-10H,4-8H2,1-3H3,(H,16,21)(H,19,20)(H2,15,22,23)/t9?,10-/m0/s1. The molecule has 1 saturated heterocycles. The summed E-state index contributed by atoms with van der Waals surface area (Å²) in [6.07, 6.45) is -0.599. The average Bonchev–Trinajstić information content (AvgIpc) is 2.78. The first-order valence-corrected chi connectivity index (χ1v) is 9.43. The second-order valence-electron chi connectivity index (χ2n) is 6.89.